The number of aryl methyl sites for hydroxylation is 1. The van der Waals surface area contributed by atoms with Gasteiger partial charge in [-0.1, -0.05) is 5.16 Å². The first-order valence-electron chi connectivity index (χ1n) is 4.60. The summed E-state index contributed by atoms with van der Waals surface area (Å²) in [5.41, 5.74) is 5.46. The molecule has 0 bridgehead atoms. The van der Waals surface area contributed by atoms with Crippen LogP contribution in [0.3, 0.4) is 0 Å². The highest BCUT2D eigenvalue weighted by Crippen LogP contribution is 2.22. The first-order chi connectivity index (χ1) is 7.61. The van der Waals surface area contributed by atoms with E-state index in [1.54, 1.807) is 0 Å². The number of aromatic nitrogens is 2. The zero-order valence-electron chi connectivity index (χ0n) is 8.50. The average molecular weight is 225 g/mol. The highest BCUT2D eigenvalue weighted by atomic mass is 19.1. The summed E-state index contributed by atoms with van der Waals surface area (Å²) in [7, 11) is 0. The van der Waals surface area contributed by atoms with Crippen molar-refractivity contribution in [3.05, 3.63) is 35.2 Å². The average Bonchev–Trinajstić information content (AvgIpc) is 2.71. The van der Waals surface area contributed by atoms with Crippen molar-refractivity contribution in [3.8, 4) is 11.4 Å². The molecule has 0 aliphatic heterocycles. The molecular formula is C10H9F2N3O. The Hall–Kier alpha value is -1.82. The van der Waals surface area contributed by atoms with E-state index in [0.29, 0.717) is 0 Å². The smallest absolute Gasteiger partial charge is 0.240 e. The maximum absolute atomic E-state index is 13.5. The molecule has 0 radical (unpaired) electrons. The Morgan fingerprint density at radius 1 is 1.31 bits per heavy atom. The van der Waals surface area contributed by atoms with Crippen molar-refractivity contribution in [2.24, 2.45) is 5.73 Å². The second kappa shape index (κ2) is 3.97. The summed E-state index contributed by atoms with van der Waals surface area (Å²) in [6.45, 7) is 1.53. The monoisotopic (exact) mass is 225 g/mol. The molecule has 0 aliphatic rings. The fourth-order valence-electron chi connectivity index (χ4n) is 1.26. The van der Waals surface area contributed by atoms with Crippen molar-refractivity contribution in [1.82, 2.24) is 10.1 Å². The first-order valence-corrected chi connectivity index (χ1v) is 4.60. The lowest BCUT2D eigenvalue weighted by Gasteiger charge is -2.00. The molecule has 0 aliphatic carbocycles. The van der Waals surface area contributed by atoms with Gasteiger partial charge in [-0.05, 0) is 24.6 Å². The molecule has 0 saturated heterocycles. The Balaban J connectivity index is 2.51. The van der Waals surface area contributed by atoms with Crippen LogP contribution in [0.25, 0.3) is 11.4 Å². The third-order valence-corrected chi connectivity index (χ3v) is 2.13. The van der Waals surface area contributed by atoms with Gasteiger partial charge in [-0.2, -0.15) is 4.98 Å². The van der Waals surface area contributed by atoms with Gasteiger partial charge in [-0.15, -0.1) is 0 Å². The number of hydrogen-bond acceptors (Lipinski definition) is 4. The van der Waals surface area contributed by atoms with Gasteiger partial charge in [-0.25, -0.2) is 8.78 Å². The van der Waals surface area contributed by atoms with Crippen LogP contribution in [0.4, 0.5) is 8.78 Å². The molecule has 0 unspecified atom stereocenters. The normalized spacial score (nSPS) is 10.8. The molecule has 6 heteroatoms. The van der Waals surface area contributed by atoms with Crippen LogP contribution in [-0.4, -0.2) is 10.1 Å². The van der Waals surface area contributed by atoms with Gasteiger partial charge in [0.15, 0.2) is 0 Å². The molecule has 2 N–H and O–H groups in total. The number of hydrogen-bond donors (Lipinski definition) is 1. The molecule has 84 valence electrons. The second-order valence-electron chi connectivity index (χ2n) is 3.30. The lowest BCUT2D eigenvalue weighted by molar-refractivity contribution is 0.380. The van der Waals surface area contributed by atoms with Crippen molar-refractivity contribution in [3.63, 3.8) is 0 Å². The SMILES string of the molecule is Cc1cc(F)c(-c2noc(CN)n2)cc1F. The molecule has 0 amide bonds. The predicted octanol–water partition coefficient (Wildman–Crippen LogP) is 1.78. The number of nitrogens with zero attached hydrogens (tertiary/aromatic N) is 2. The standard InChI is InChI=1S/C10H9F2N3O/c1-5-2-8(12)6(3-7(5)11)10-14-9(4-13)16-15-10/h2-3H,4,13H2,1H3. The topological polar surface area (TPSA) is 64.9 Å². The highest BCUT2D eigenvalue weighted by Gasteiger charge is 2.14. The zero-order chi connectivity index (χ0) is 11.7. The maximum atomic E-state index is 13.5. The molecule has 0 spiro atoms. The van der Waals surface area contributed by atoms with Gasteiger partial charge in [0.25, 0.3) is 0 Å². The van der Waals surface area contributed by atoms with Crippen molar-refractivity contribution in [2.45, 2.75) is 13.5 Å². The molecule has 2 aromatic rings. The van der Waals surface area contributed by atoms with Gasteiger partial charge >= 0.3 is 0 Å². The second-order valence-corrected chi connectivity index (χ2v) is 3.30. The van der Waals surface area contributed by atoms with Crippen molar-refractivity contribution in [1.29, 1.82) is 0 Å². The van der Waals surface area contributed by atoms with Crippen LogP contribution < -0.4 is 5.73 Å². The fourth-order valence-corrected chi connectivity index (χ4v) is 1.26. The molecule has 0 fully saturated rings. The van der Waals surface area contributed by atoms with Crippen molar-refractivity contribution < 1.29 is 13.3 Å². The molecule has 0 saturated carbocycles. The minimum absolute atomic E-state index is 0.00292. The molecule has 0 atom stereocenters. The van der Waals surface area contributed by atoms with Gasteiger partial charge in [-0.3, -0.25) is 0 Å². The number of halogens is 2. The maximum Gasteiger partial charge on any atom is 0.240 e. The minimum Gasteiger partial charge on any atom is -0.338 e. The molecule has 2 rings (SSSR count). The summed E-state index contributed by atoms with van der Waals surface area (Å²) < 4.78 is 31.5. The Kier molecular flexibility index (Phi) is 2.66. The van der Waals surface area contributed by atoms with E-state index in [9.17, 15) is 8.78 Å². The highest BCUT2D eigenvalue weighted by molar-refractivity contribution is 5.56. The van der Waals surface area contributed by atoms with Crippen LogP contribution in [0.1, 0.15) is 11.5 Å². The Bertz CT molecular complexity index is 525. The summed E-state index contributed by atoms with van der Waals surface area (Å²) in [5.74, 6) is -0.939. The fraction of sp³-hybridized carbons (Fsp3) is 0.200. The molecule has 1 aromatic heterocycles. The van der Waals surface area contributed by atoms with E-state index in [4.69, 9.17) is 10.3 Å². The quantitative estimate of drug-likeness (QED) is 0.846. The van der Waals surface area contributed by atoms with Crippen LogP contribution in [-0.2, 0) is 6.54 Å². The molecule has 4 nitrogen and oxygen atoms in total. The van der Waals surface area contributed by atoms with Crippen LogP contribution in [0, 0.1) is 18.6 Å². The van der Waals surface area contributed by atoms with Crippen molar-refractivity contribution >= 4 is 0 Å². The van der Waals surface area contributed by atoms with Gasteiger partial charge in [0.2, 0.25) is 11.7 Å². The number of nitrogens with two attached hydrogens (primary N) is 1. The summed E-state index contributed by atoms with van der Waals surface area (Å²) in [5, 5.41) is 3.52. The van der Waals surface area contributed by atoms with Gasteiger partial charge < -0.3 is 10.3 Å². The Morgan fingerprint density at radius 2 is 2.06 bits per heavy atom. The molecule has 1 heterocycles. The summed E-state index contributed by atoms with van der Waals surface area (Å²) in [6, 6.07) is 2.12. The van der Waals surface area contributed by atoms with E-state index in [0.717, 1.165) is 12.1 Å². The van der Waals surface area contributed by atoms with E-state index in [1.807, 2.05) is 0 Å². The summed E-state index contributed by atoms with van der Waals surface area (Å²) in [6.07, 6.45) is 0. The van der Waals surface area contributed by atoms with Crippen LogP contribution in [0.15, 0.2) is 16.7 Å². The minimum atomic E-state index is -0.594. The van der Waals surface area contributed by atoms with Crippen LogP contribution in [0.5, 0.6) is 0 Å². The molecular weight excluding hydrogens is 216 g/mol. The third-order valence-electron chi connectivity index (χ3n) is 2.13. The lowest BCUT2D eigenvalue weighted by Crippen LogP contribution is -1.96. The number of benzene rings is 1. The summed E-state index contributed by atoms with van der Waals surface area (Å²) >= 11 is 0. The van der Waals surface area contributed by atoms with Gasteiger partial charge in [0, 0.05) is 0 Å². The van der Waals surface area contributed by atoms with E-state index < -0.39 is 11.6 Å². The van der Waals surface area contributed by atoms with Gasteiger partial charge in [0.05, 0.1) is 12.1 Å². The van der Waals surface area contributed by atoms with Crippen LogP contribution >= 0.6 is 0 Å². The first kappa shape index (κ1) is 10.7. The van der Waals surface area contributed by atoms with E-state index in [1.165, 1.54) is 6.92 Å². The van der Waals surface area contributed by atoms with E-state index in [-0.39, 0.29) is 29.4 Å². The van der Waals surface area contributed by atoms with Gasteiger partial charge in [0.1, 0.15) is 11.6 Å². The van der Waals surface area contributed by atoms with E-state index >= 15 is 0 Å². The number of rotatable bonds is 2. The molecule has 16 heavy (non-hydrogen) atoms. The third kappa shape index (κ3) is 1.79. The van der Waals surface area contributed by atoms with Crippen LogP contribution in [0.2, 0.25) is 0 Å². The zero-order valence-corrected chi connectivity index (χ0v) is 8.50. The summed E-state index contributed by atoms with van der Waals surface area (Å²) in [4.78, 5) is 3.82. The van der Waals surface area contributed by atoms with Crippen molar-refractivity contribution in [2.75, 3.05) is 0 Å². The van der Waals surface area contributed by atoms with E-state index in [2.05, 4.69) is 10.1 Å². The molecule has 1 aromatic carbocycles. The largest absolute Gasteiger partial charge is 0.338 e. The Morgan fingerprint density at radius 3 is 2.69 bits per heavy atom. The Labute approximate surface area is 90.1 Å². The lowest BCUT2D eigenvalue weighted by atomic mass is 10.1. The predicted molar refractivity (Wildman–Crippen MR) is 52.3 cm³/mol.